The van der Waals surface area contributed by atoms with Gasteiger partial charge >= 0.3 is 5.97 Å². The number of likely N-dealkylation sites (N-methyl/N-ethyl adjacent to an activating group) is 1. The van der Waals surface area contributed by atoms with Crippen LogP contribution in [0.3, 0.4) is 0 Å². The molecule has 110 valence electrons. The molecule has 0 saturated carbocycles. The van der Waals surface area contributed by atoms with Crippen LogP contribution in [0.15, 0.2) is 0 Å². The van der Waals surface area contributed by atoms with Crippen molar-refractivity contribution in [3.8, 4) is 0 Å². The Balaban J connectivity index is 3.03. The van der Waals surface area contributed by atoms with Crippen molar-refractivity contribution in [1.82, 2.24) is 9.88 Å². The number of aromatic nitrogens is 1. The van der Waals surface area contributed by atoms with Crippen LogP contribution >= 0.6 is 0 Å². The van der Waals surface area contributed by atoms with Crippen LogP contribution < -0.4 is 0 Å². The highest BCUT2D eigenvalue weighted by atomic mass is 16.5. The number of ketones is 1. The summed E-state index contributed by atoms with van der Waals surface area (Å²) in [5, 5.41) is 0. The molecule has 0 spiro atoms. The van der Waals surface area contributed by atoms with Crippen molar-refractivity contribution in [2.24, 2.45) is 0 Å². The Labute approximate surface area is 118 Å². The third-order valence-electron chi connectivity index (χ3n) is 3.21. The molecule has 1 N–H and O–H groups in total. The largest absolute Gasteiger partial charge is 0.464 e. The predicted octanol–water partition coefficient (Wildman–Crippen LogP) is 1.47. The number of esters is 1. The van der Waals surface area contributed by atoms with Gasteiger partial charge in [0.1, 0.15) is 5.69 Å². The second-order valence-corrected chi connectivity index (χ2v) is 4.64. The fraction of sp³-hybridized carbons (Fsp3) is 0.500. The van der Waals surface area contributed by atoms with E-state index in [4.69, 9.17) is 0 Å². The van der Waals surface area contributed by atoms with E-state index in [0.29, 0.717) is 23.2 Å². The van der Waals surface area contributed by atoms with E-state index in [0.717, 1.165) is 0 Å². The SMILES string of the molecule is CCC(=O)N(C)CC(=O)c1c(C)[nH]c(C(=O)OC)c1C. The molecule has 6 heteroatoms. The number of ether oxygens (including phenoxy) is 1. The van der Waals surface area contributed by atoms with Crippen LogP contribution in [0.1, 0.15) is 45.4 Å². The zero-order chi connectivity index (χ0) is 15.4. The molecule has 0 aromatic carbocycles. The van der Waals surface area contributed by atoms with Gasteiger partial charge in [-0.05, 0) is 19.4 Å². The molecule has 0 aliphatic carbocycles. The van der Waals surface area contributed by atoms with Gasteiger partial charge in [-0.3, -0.25) is 9.59 Å². The summed E-state index contributed by atoms with van der Waals surface area (Å²) in [4.78, 5) is 39.6. The number of carbonyl (C=O) groups is 3. The third-order valence-corrected chi connectivity index (χ3v) is 3.21. The van der Waals surface area contributed by atoms with Crippen LogP contribution in [-0.4, -0.2) is 48.2 Å². The highest BCUT2D eigenvalue weighted by molar-refractivity contribution is 6.04. The first-order valence-electron chi connectivity index (χ1n) is 6.38. The van der Waals surface area contributed by atoms with Gasteiger partial charge in [0, 0.05) is 24.7 Å². The van der Waals surface area contributed by atoms with E-state index >= 15 is 0 Å². The number of aromatic amines is 1. The number of amides is 1. The number of methoxy groups -OCH3 is 1. The maximum absolute atomic E-state index is 12.3. The van der Waals surface area contributed by atoms with Gasteiger partial charge in [-0.2, -0.15) is 0 Å². The molecular formula is C14H20N2O4. The van der Waals surface area contributed by atoms with Crippen molar-refractivity contribution in [1.29, 1.82) is 0 Å². The van der Waals surface area contributed by atoms with Crippen molar-refractivity contribution in [3.63, 3.8) is 0 Å². The fourth-order valence-corrected chi connectivity index (χ4v) is 2.13. The number of aryl methyl sites for hydroxylation is 1. The second kappa shape index (κ2) is 6.36. The zero-order valence-electron chi connectivity index (χ0n) is 12.5. The van der Waals surface area contributed by atoms with Gasteiger partial charge in [-0.15, -0.1) is 0 Å². The summed E-state index contributed by atoms with van der Waals surface area (Å²) < 4.78 is 4.66. The highest BCUT2D eigenvalue weighted by Crippen LogP contribution is 2.19. The van der Waals surface area contributed by atoms with Gasteiger partial charge in [-0.25, -0.2) is 4.79 Å². The Morgan fingerprint density at radius 3 is 2.35 bits per heavy atom. The van der Waals surface area contributed by atoms with Gasteiger partial charge in [0.05, 0.1) is 13.7 Å². The summed E-state index contributed by atoms with van der Waals surface area (Å²) in [5.74, 6) is -0.810. The number of carbonyl (C=O) groups excluding carboxylic acids is 3. The molecule has 20 heavy (non-hydrogen) atoms. The number of Topliss-reactive ketones (excluding diaryl/α,β-unsaturated/α-hetero) is 1. The molecule has 0 fully saturated rings. The molecule has 1 aromatic heterocycles. The van der Waals surface area contributed by atoms with Crippen LogP contribution in [-0.2, 0) is 9.53 Å². The quantitative estimate of drug-likeness (QED) is 0.654. The van der Waals surface area contributed by atoms with E-state index in [9.17, 15) is 14.4 Å². The van der Waals surface area contributed by atoms with Crippen LogP contribution in [0, 0.1) is 13.8 Å². The second-order valence-electron chi connectivity index (χ2n) is 4.64. The van der Waals surface area contributed by atoms with Crippen molar-refractivity contribution in [2.45, 2.75) is 27.2 Å². The Morgan fingerprint density at radius 1 is 1.25 bits per heavy atom. The average molecular weight is 280 g/mol. The standard InChI is InChI=1S/C14H20N2O4/c1-6-11(18)16(4)7-10(17)12-8(2)13(14(19)20-5)15-9(12)3/h15H,6-7H2,1-5H3. The summed E-state index contributed by atoms with van der Waals surface area (Å²) >= 11 is 0. The maximum Gasteiger partial charge on any atom is 0.354 e. The summed E-state index contributed by atoms with van der Waals surface area (Å²) in [6, 6.07) is 0. The van der Waals surface area contributed by atoms with Gasteiger partial charge in [0.15, 0.2) is 5.78 Å². The van der Waals surface area contributed by atoms with Gasteiger partial charge in [-0.1, -0.05) is 6.92 Å². The Hall–Kier alpha value is -2.11. The molecule has 0 atom stereocenters. The zero-order valence-corrected chi connectivity index (χ0v) is 12.5. The van der Waals surface area contributed by atoms with Gasteiger partial charge in [0.25, 0.3) is 0 Å². The van der Waals surface area contributed by atoms with Crippen LogP contribution in [0.25, 0.3) is 0 Å². The molecule has 1 aromatic rings. The van der Waals surface area contributed by atoms with Crippen LogP contribution in [0.5, 0.6) is 0 Å². The van der Waals surface area contributed by atoms with Crippen molar-refractivity contribution in [3.05, 3.63) is 22.5 Å². The first kappa shape index (κ1) is 15.9. The summed E-state index contributed by atoms with van der Waals surface area (Å²) in [5.41, 5.74) is 1.88. The van der Waals surface area contributed by atoms with E-state index in [2.05, 4.69) is 9.72 Å². The number of nitrogens with one attached hydrogen (secondary N) is 1. The van der Waals surface area contributed by atoms with Crippen LogP contribution in [0.4, 0.5) is 0 Å². The number of hydrogen-bond acceptors (Lipinski definition) is 4. The molecule has 0 unspecified atom stereocenters. The van der Waals surface area contributed by atoms with E-state index in [1.165, 1.54) is 12.0 Å². The van der Waals surface area contributed by atoms with Gasteiger partial charge in [0.2, 0.25) is 5.91 Å². The van der Waals surface area contributed by atoms with Gasteiger partial charge < -0.3 is 14.6 Å². The molecule has 0 bridgehead atoms. The minimum Gasteiger partial charge on any atom is -0.464 e. The summed E-state index contributed by atoms with van der Waals surface area (Å²) in [6.45, 7) is 5.14. The first-order chi connectivity index (χ1) is 9.33. The monoisotopic (exact) mass is 280 g/mol. The maximum atomic E-state index is 12.3. The summed E-state index contributed by atoms with van der Waals surface area (Å²) in [6.07, 6.45) is 0.349. The first-order valence-corrected chi connectivity index (χ1v) is 6.38. The summed E-state index contributed by atoms with van der Waals surface area (Å²) in [7, 11) is 2.87. The number of H-pyrrole nitrogens is 1. The van der Waals surface area contributed by atoms with Crippen LogP contribution in [0.2, 0.25) is 0 Å². The number of hydrogen-bond donors (Lipinski definition) is 1. The molecule has 0 aliphatic rings. The average Bonchev–Trinajstić information content (AvgIpc) is 2.71. The van der Waals surface area contributed by atoms with Crippen molar-refractivity contribution in [2.75, 3.05) is 20.7 Å². The number of rotatable bonds is 5. The minimum absolute atomic E-state index is 0.00712. The lowest BCUT2D eigenvalue weighted by Gasteiger charge is -2.15. The molecule has 1 amide bonds. The van der Waals surface area contributed by atoms with Crippen molar-refractivity contribution < 1.29 is 19.1 Å². The smallest absolute Gasteiger partial charge is 0.354 e. The van der Waals surface area contributed by atoms with E-state index < -0.39 is 5.97 Å². The Kier molecular flexibility index (Phi) is 5.07. The molecule has 1 rings (SSSR count). The lowest BCUT2D eigenvalue weighted by molar-refractivity contribution is -0.129. The molecular weight excluding hydrogens is 260 g/mol. The normalized spacial score (nSPS) is 10.2. The Morgan fingerprint density at radius 2 is 1.85 bits per heavy atom. The fourth-order valence-electron chi connectivity index (χ4n) is 2.13. The highest BCUT2D eigenvalue weighted by Gasteiger charge is 2.23. The van der Waals surface area contributed by atoms with Crippen molar-refractivity contribution >= 4 is 17.7 Å². The third kappa shape index (κ3) is 3.07. The molecule has 0 aliphatic heterocycles. The molecule has 1 heterocycles. The lowest BCUT2D eigenvalue weighted by Crippen LogP contribution is -2.31. The topological polar surface area (TPSA) is 79.5 Å². The Bertz CT molecular complexity index is 546. The predicted molar refractivity (Wildman–Crippen MR) is 73.9 cm³/mol. The molecule has 0 saturated heterocycles. The van der Waals surface area contributed by atoms with E-state index in [-0.39, 0.29) is 23.9 Å². The number of nitrogens with zero attached hydrogens (tertiary/aromatic N) is 1. The minimum atomic E-state index is -0.511. The van der Waals surface area contributed by atoms with E-state index in [1.54, 1.807) is 27.8 Å². The molecule has 0 radical (unpaired) electrons. The lowest BCUT2D eigenvalue weighted by atomic mass is 10.1. The van der Waals surface area contributed by atoms with E-state index in [1.807, 2.05) is 0 Å². The molecule has 6 nitrogen and oxygen atoms in total.